The monoisotopic (exact) mass is 394 g/mol. The topological polar surface area (TPSA) is 88.9 Å². The molecule has 0 atom stereocenters. The van der Waals surface area contributed by atoms with Gasteiger partial charge in [0.15, 0.2) is 6.61 Å². The van der Waals surface area contributed by atoms with Gasteiger partial charge in [-0.25, -0.2) is 4.79 Å². The summed E-state index contributed by atoms with van der Waals surface area (Å²) in [4.78, 5) is 37.0. The van der Waals surface area contributed by atoms with E-state index in [1.165, 1.54) is 6.07 Å². The maximum Gasteiger partial charge on any atom is 0.336 e. The average molecular weight is 394 g/mol. The molecule has 1 heterocycles. The fourth-order valence-corrected chi connectivity index (χ4v) is 2.92. The Bertz CT molecular complexity index is 1100. The Kier molecular flexibility index (Phi) is 5.97. The summed E-state index contributed by atoms with van der Waals surface area (Å²) in [6.45, 7) is 2.08. The zero-order valence-corrected chi connectivity index (χ0v) is 16.5. The summed E-state index contributed by atoms with van der Waals surface area (Å²) in [7, 11) is 3.26. The molecule has 150 valence electrons. The van der Waals surface area contributed by atoms with Crippen LogP contribution in [-0.2, 0) is 11.3 Å². The van der Waals surface area contributed by atoms with E-state index in [4.69, 9.17) is 9.15 Å². The van der Waals surface area contributed by atoms with Crippen LogP contribution in [-0.4, -0.2) is 37.4 Å². The first kappa shape index (κ1) is 20.1. The maximum absolute atomic E-state index is 12.4. The molecule has 2 amide bonds. The molecule has 3 rings (SSSR count). The Balaban J connectivity index is 1.60. The molecule has 1 N–H and O–H groups in total. The van der Waals surface area contributed by atoms with Gasteiger partial charge in [0, 0.05) is 43.7 Å². The minimum atomic E-state index is -0.426. The molecule has 0 saturated carbocycles. The van der Waals surface area contributed by atoms with Gasteiger partial charge in [0.1, 0.15) is 11.3 Å². The van der Waals surface area contributed by atoms with E-state index >= 15 is 0 Å². The van der Waals surface area contributed by atoms with Gasteiger partial charge in [-0.15, -0.1) is 0 Å². The third kappa shape index (κ3) is 4.82. The van der Waals surface area contributed by atoms with Crippen molar-refractivity contribution < 1.29 is 18.7 Å². The van der Waals surface area contributed by atoms with Crippen LogP contribution in [0.15, 0.2) is 57.7 Å². The SMILES string of the molecule is CNC(=O)c1ccc(CN(C)C(=O)COc2ccc3c(C)cc(=O)oc3c2)cc1. The third-order valence-electron chi connectivity index (χ3n) is 4.57. The molecule has 7 nitrogen and oxygen atoms in total. The highest BCUT2D eigenvalue weighted by Gasteiger charge is 2.12. The molecule has 0 aliphatic carbocycles. The Hall–Kier alpha value is -3.61. The van der Waals surface area contributed by atoms with Crippen LogP contribution in [0, 0.1) is 6.92 Å². The van der Waals surface area contributed by atoms with E-state index < -0.39 is 5.63 Å². The van der Waals surface area contributed by atoms with Crippen molar-refractivity contribution in [3.63, 3.8) is 0 Å². The Morgan fingerprint density at radius 2 is 1.83 bits per heavy atom. The van der Waals surface area contributed by atoms with Gasteiger partial charge in [0.2, 0.25) is 0 Å². The number of ether oxygens (including phenoxy) is 1. The summed E-state index contributed by atoms with van der Waals surface area (Å²) in [5.41, 5.74) is 2.28. The van der Waals surface area contributed by atoms with Crippen LogP contribution < -0.4 is 15.7 Å². The lowest BCUT2D eigenvalue weighted by atomic mass is 10.1. The summed E-state index contributed by atoms with van der Waals surface area (Å²) in [6, 6.07) is 13.6. The van der Waals surface area contributed by atoms with Crippen molar-refractivity contribution in [3.8, 4) is 5.75 Å². The molecule has 0 spiro atoms. The lowest BCUT2D eigenvalue weighted by Crippen LogP contribution is -2.31. The number of likely N-dealkylation sites (N-methyl/N-ethyl adjacent to an activating group) is 1. The van der Waals surface area contributed by atoms with Gasteiger partial charge in [0.05, 0.1) is 0 Å². The molecule has 1 aromatic heterocycles. The first-order valence-electron chi connectivity index (χ1n) is 9.09. The molecule has 7 heteroatoms. The van der Waals surface area contributed by atoms with Gasteiger partial charge in [-0.2, -0.15) is 0 Å². The number of carbonyl (C=O) groups is 2. The lowest BCUT2D eigenvalue weighted by Gasteiger charge is -2.18. The lowest BCUT2D eigenvalue weighted by molar-refractivity contribution is -0.132. The number of hydrogen-bond donors (Lipinski definition) is 1. The average Bonchev–Trinajstić information content (AvgIpc) is 2.71. The van der Waals surface area contributed by atoms with Crippen molar-refractivity contribution in [2.45, 2.75) is 13.5 Å². The van der Waals surface area contributed by atoms with Gasteiger partial charge in [-0.3, -0.25) is 9.59 Å². The summed E-state index contributed by atoms with van der Waals surface area (Å²) < 4.78 is 10.8. The highest BCUT2D eigenvalue weighted by Crippen LogP contribution is 2.22. The van der Waals surface area contributed by atoms with Crippen LogP contribution in [0.3, 0.4) is 0 Å². The normalized spacial score (nSPS) is 10.6. The fourth-order valence-electron chi connectivity index (χ4n) is 2.92. The standard InChI is InChI=1S/C22H22N2O5/c1-14-10-21(26)29-19-11-17(8-9-18(14)19)28-13-20(25)24(3)12-15-4-6-16(7-5-15)22(27)23-2/h4-11H,12-13H2,1-3H3,(H,23,27). The molecule has 0 fully saturated rings. The van der Waals surface area contributed by atoms with E-state index in [1.807, 2.05) is 19.1 Å². The largest absolute Gasteiger partial charge is 0.484 e. The first-order valence-corrected chi connectivity index (χ1v) is 9.09. The van der Waals surface area contributed by atoms with Gasteiger partial charge in [-0.1, -0.05) is 12.1 Å². The predicted molar refractivity (Wildman–Crippen MR) is 109 cm³/mol. The number of carbonyl (C=O) groups excluding carboxylic acids is 2. The number of hydrogen-bond acceptors (Lipinski definition) is 5. The van der Waals surface area contributed by atoms with Crippen LogP contribution in [0.25, 0.3) is 11.0 Å². The first-order chi connectivity index (χ1) is 13.9. The molecule has 0 unspecified atom stereocenters. The second-order valence-electron chi connectivity index (χ2n) is 6.72. The van der Waals surface area contributed by atoms with E-state index in [-0.39, 0.29) is 18.4 Å². The van der Waals surface area contributed by atoms with Gasteiger partial charge in [0.25, 0.3) is 11.8 Å². The van der Waals surface area contributed by atoms with Crippen LogP contribution in [0.2, 0.25) is 0 Å². The van der Waals surface area contributed by atoms with Crippen molar-refractivity contribution in [2.75, 3.05) is 20.7 Å². The zero-order chi connectivity index (χ0) is 21.0. The van der Waals surface area contributed by atoms with Crippen LogP contribution in [0.4, 0.5) is 0 Å². The summed E-state index contributed by atoms with van der Waals surface area (Å²) in [5.74, 6) is 0.0879. The van der Waals surface area contributed by atoms with Crippen molar-refractivity contribution >= 4 is 22.8 Å². The molecule has 0 aliphatic rings. The van der Waals surface area contributed by atoms with Gasteiger partial charge >= 0.3 is 5.63 Å². The minimum Gasteiger partial charge on any atom is -0.484 e. The van der Waals surface area contributed by atoms with Crippen molar-refractivity contribution in [1.82, 2.24) is 10.2 Å². The van der Waals surface area contributed by atoms with Crippen LogP contribution in [0.5, 0.6) is 5.75 Å². The second kappa shape index (κ2) is 8.60. The van der Waals surface area contributed by atoms with E-state index in [0.29, 0.717) is 23.4 Å². The summed E-state index contributed by atoms with van der Waals surface area (Å²) >= 11 is 0. The van der Waals surface area contributed by atoms with Crippen LogP contribution in [0.1, 0.15) is 21.5 Å². The van der Waals surface area contributed by atoms with E-state index in [9.17, 15) is 14.4 Å². The molecule has 0 radical (unpaired) electrons. The highest BCUT2D eigenvalue weighted by molar-refractivity contribution is 5.94. The summed E-state index contributed by atoms with van der Waals surface area (Å²) in [5, 5.41) is 3.39. The number of rotatable bonds is 6. The fraction of sp³-hybridized carbons (Fsp3) is 0.227. The Labute approximate surface area is 167 Å². The third-order valence-corrected chi connectivity index (χ3v) is 4.57. The summed E-state index contributed by atoms with van der Waals surface area (Å²) in [6.07, 6.45) is 0. The molecule has 2 aromatic carbocycles. The Morgan fingerprint density at radius 3 is 2.52 bits per heavy atom. The van der Waals surface area contributed by atoms with Crippen molar-refractivity contribution in [2.24, 2.45) is 0 Å². The quantitative estimate of drug-likeness (QED) is 0.649. The number of nitrogens with one attached hydrogen (secondary N) is 1. The van der Waals surface area contributed by atoms with Crippen molar-refractivity contribution in [3.05, 3.63) is 75.6 Å². The molecule has 3 aromatic rings. The molecule has 29 heavy (non-hydrogen) atoms. The second-order valence-corrected chi connectivity index (χ2v) is 6.72. The van der Waals surface area contributed by atoms with Crippen LogP contribution >= 0.6 is 0 Å². The van der Waals surface area contributed by atoms with Crippen molar-refractivity contribution in [1.29, 1.82) is 0 Å². The maximum atomic E-state index is 12.4. The molecular formula is C22H22N2O5. The molecule has 0 bridgehead atoms. The minimum absolute atomic E-state index is 0.144. The predicted octanol–water partition coefficient (Wildman–Crippen LogP) is 2.50. The molecular weight excluding hydrogens is 372 g/mol. The van der Waals surface area contributed by atoms with Gasteiger partial charge in [-0.05, 0) is 42.3 Å². The number of aryl methyl sites for hydroxylation is 1. The smallest absolute Gasteiger partial charge is 0.336 e. The zero-order valence-electron chi connectivity index (χ0n) is 16.5. The number of amides is 2. The molecule has 0 saturated heterocycles. The molecule has 0 aliphatic heterocycles. The van der Waals surface area contributed by atoms with E-state index in [2.05, 4.69) is 5.32 Å². The number of nitrogens with zero attached hydrogens (tertiary/aromatic N) is 1. The van der Waals surface area contributed by atoms with E-state index in [0.717, 1.165) is 16.5 Å². The van der Waals surface area contributed by atoms with Gasteiger partial charge < -0.3 is 19.4 Å². The Morgan fingerprint density at radius 1 is 1.10 bits per heavy atom. The number of benzene rings is 2. The number of fused-ring (bicyclic) bond motifs is 1. The van der Waals surface area contributed by atoms with E-state index in [1.54, 1.807) is 49.3 Å². The highest BCUT2D eigenvalue weighted by atomic mass is 16.5.